The van der Waals surface area contributed by atoms with Crippen LogP contribution in [0.15, 0.2) is 192 Å². The van der Waals surface area contributed by atoms with E-state index in [9.17, 15) is 0 Å². The van der Waals surface area contributed by atoms with Gasteiger partial charge in [-0.05, 0) is 98.8 Å². The Morgan fingerprint density at radius 3 is 1.61 bits per heavy atom. The van der Waals surface area contributed by atoms with Crippen molar-refractivity contribution in [2.24, 2.45) is 0 Å². The van der Waals surface area contributed by atoms with E-state index in [1.54, 1.807) is 0 Å². The van der Waals surface area contributed by atoms with Gasteiger partial charge in [0.15, 0.2) is 17.5 Å². The van der Waals surface area contributed by atoms with Crippen molar-refractivity contribution in [3.8, 4) is 78.7 Å². The maximum Gasteiger partial charge on any atom is 0.164 e. The van der Waals surface area contributed by atoms with Gasteiger partial charge in [0.25, 0.3) is 0 Å². The Bertz CT molecular complexity index is 3270. The molecule has 290 valence electrons. The summed E-state index contributed by atoms with van der Waals surface area (Å²) in [6, 6.07) is 67.1. The van der Waals surface area contributed by atoms with Crippen molar-refractivity contribution in [1.82, 2.24) is 15.0 Å². The predicted molar refractivity (Wildman–Crippen MR) is 249 cm³/mol. The molecule has 0 saturated heterocycles. The van der Waals surface area contributed by atoms with Gasteiger partial charge in [0.1, 0.15) is 11.2 Å². The zero-order chi connectivity index (χ0) is 40.3. The summed E-state index contributed by atoms with van der Waals surface area (Å²) in [6.45, 7) is 0. The SMILES string of the molecule is c1ccc(-c2cccc(-c3nc(-c4ccc(-c5ccc(-c6ccc7c(c6)-c6ccccc6C76CCCCC6)cc5)cc4)nc(-c4ccc5c(c4)oc4ccccc45)n3)c2)cc1. The molecule has 2 aliphatic carbocycles. The second-order valence-corrected chi connectivity index (χ2v) is 16.7. The molecule has 2 aliphatic rings. The highest BCUT2D eigenvalue weighted by Gasteiger charge is 2.43. The molecule has 2 heterocycles. The van der Waals surface area contributed by atoms with Crippen LogP contribution in [0.3, 0.4) is 0 Å². The van der Waals surface area contributed by atoms with Crippen LogP contribution in [0.2, 0.25) is 0 Å². The molecule has 8 aromatic carbocycles. The van der Waals surface area contributed by atoms with Crippen LogP contribution in [-0.2, 0) is 5.41 Å². The first-order valence-electron chi connectivity index (χ1n) is 21.5. The third-order valence-corrected chi connectivity index (χ3v) is 13.2. The van der Waals surface area contributed by atoms with E-state index in [1.165, 1.54) is 65.5 Å². The van der Waals surface area contributed by atoms with Gasteiger partial charge in [0.05, 0.1) is 0 Å². The lowest BCUT2D eigenvalue weighted by Gasteiger charge is -2.36. The van der Waals surface area contributed by atoms with Gasteiger partial charge in [-0.3, -0.25) is 0 Å². The lowest BCUT2D eigenvalue weighted by Crippen LogP contribution is -2.27. The molecule has 0 atom stereocenters. The fraction of sp³-hybridized carbons (Fsp3) is 0.105. The first kappa shape index (κ1) is 35.5. The summed E-state index contributed by atoms with van der Waals surface area (Å²) in [7, 11) is 0. The molecule has 12 rings (SSSR count). The molecule has 61 heavy (non-hydrogen) atoms. The Hall–Kier alpha value is -7.43. The van der Waals surface area contributed by atoms with Gasteiger partial charge < -0.3 is 4.42 Å². The van der Waals surface area contributed by atoms with Crippen LogP contribution in [0, 0.1) is 0 Å². The topological polar surface area (TPSA) is 51.8 Å². The molecule has 2 aromatic heterocycles. The summed E-state index contributed by atoms with van der Waals surface area (Å²) in [5.74, 6) is 1.83. The zero-order valence-corrected chi connectivity index (χ0v) is 33.7. The van der Waals surface area contributed by atoms with E-state index in [2.05, 4.69) is 158 Å². The highest BCUT2D eigenvalue weighted by atomic mass is 16.3. The first-order valence-corrected chi connectivity index (χ1v) is 21.5. The minimum atomic E-state index is 0.181. The Morgan fingerprint density at radius 1 is 0.328 bits per heavy atom. The van der Waals surface area contributed by atoms with Gasteiger partial charge in [-0.15, -0.1) is 0 Å². The van der Waals surface area contributed by atoms with Crippen molar-refractivity contribution in [2.45, 2.75) is 37.5 Å². The molecule has 0 bridgehead atoms. The average Bonchev–Trinajstić information content (AvgIpc) is 3.84. The van der Waals surface area contributed by atoms with Gasteiger partial charge in [0.2, 0.25) is 0 Å². The summed E-state index contributed by atoms with van der Waals surface area (Å²) < 4.78 is 6.28. The zero-order valence-electron chi connectivity index (χ0n) is 33.7. The normalized spacial score (nSPS) is 14.0. The number of hydrogen-bond donors (Lipinski definition) is 0. The molecule has 0 radical (unpaired) electrons. The third-order valence-electron chi connectivity index (χ3n) is 13.2. The molecule has 1 saturated carbocycles. The fourth-order valence-electron chi connectivity index (χ4n) is 10.1. The van der Waals surface area contributed by atoms with E-state index in [-0.39, 0.29) is 5.41 Å². The number of hydrogen-bond acceptors (Lipinski definition) is 4. The maximum atomic E-state index is 6.28. The second kappa shape index (κ2) is 14.4. The van der Waals surface area contributed by atoms with Crippen molar-refractivity contribution >= 4 is 21.9 Å². The van der Waals surface area contributed by atoms with Crippen molar-refractivity contribution in [1.29, 1.82) is 0 Å². The summed E-state index contributed by atoms with van der Waals surface area (Å²) in [5.41, 5.74) is 17.5. The van der Waals surface area contributed by atoms with Crippen LogP contribution in [0.4, 0.5) is 0 Å². The number of fused-ring (bicyclic) bond motifs is 8. The highest BCUT2D eigenvalue weighted by molar-refractivity contribution is 6.05. The lowest BCUT2D eigenvalue weighted by molar-refractivity contribution is 0.353. The van der Waals surface area contributed by atoms with Crippen LogP contribution >= 0.6 is 0 Å². The van der Waals surface area contributed by atoms with Crippen LogP contribution in [0.25, 0.3) is 101 Å². The molecule has 4 heteroatoms. The smallest absolute Gasteiger partial charge is 0.164 e. The molecule has 10 aromatic rings. The second-order valence-electron chi connectivity index (χ2n) is 16.7. The fourth-order valence-corrected chi connectivity index (χ4v) is 10.1. The van der Waals surface area contributed by atoms with Gasteiger partial charge in [-0.1, -0.05) is 177 Å². The highest BCUT2D eigenvalue weighted by Crippen LogP contribution is 2.56. The van der Waals surface area contributed by atoms with Gasteiger partial charge in [-0.25, -0.2) is 15.0 Å². The molecule has 0 aliphatic heterocycles. The monoisotopic (exact) mass is 783 g/mol. The van der Waals surface area contributed by atoms with Gasteiger partial charge >= 0.3 is 0 Å². The van der Waals surface area contributed by atoms with E-state index in [0.717, 1.165) is 60.9 Å². The van der Waals surface area contributed by atoms with Crippen LogP contribution in [-0.4, -0.2) is 15.0 Å². The van der Waals surface area contributed by atoms with E-state index >= 15 is 0 Å². The predicted octanol–water partition coefficient (Wildman–Crippen LogP) is 15.0. The van der Waals surface area contributed by atoms with Crippen LogP contribution in [0.1, 0.15) is 43.2 Å². The van der Waals surface area contributed by atoms with E-state index in [4.69, 9.17) is 19.4 Å². The van der Waals surface area contributed by atoms with E-state index < -0.39 is 0 Å². The number of rotatable bonds is 6. The number of nitrogens with zero attached hydrogens (tertiary/aromatic N) is 3. The Kier molecular flexibility index (Phi) is 8.38. The number of para-hydroxylation sites is 1. The molecule has 0 N–H and O–H groups in total. The van der Waals surface area contributed by atoms with E-state index in [1.807, 2.05) is 30.3 Å². The largest absolute Gasteiger partial charge is 0.456 e. The molecule has 4 nitrogen and oxygen atoms in total. The van der Waals surface area contributed by atoms with E-state index in [0.29, 0.717) is 17.5 Å². The molecular formula is C57H41N3O. The minimum absolute atomic E-state index is 0.181. The quantitative estimate of drug-likeness (QED) is 0.169. The standard InChI is InChI=1S/C57H41N3O/c1-3-12-37(13-4-1)42-14-11-15-44(34-42)55-58-54(59-56(60-55)45-28-30-48-47-17-6-8-19-52(47)61-53(48)36-45)41-26-24-39(25-27-41)38-20-22-40(23-21-38)43-29-31-51-49(35-43)46-16-5-7-18-50(46)57(51)32-9-2-10-33-57/h1,3-8,11-31,34-36H,2,9-10,32-33H2. The summed E-state index contributed by atoms with van der Waals surface area (Å²) in [6.07, 6.45) is 6.46. The number of furan rings is 1. The van der Waals surface area contributed by atoms with Crippen LogP contribution in [0.5, 0.6) is 0 Å². The minimum Gasteiger partial charge on any atom is -0.456 e. The molecule has 0 unspecified atom stereocenters. The number of benzene rings is 8. The summed E-state index contributed by atoms with van der Waals surface area (Å²) in [5, 5.41) is 2.16. The van der Waals surface area contributed by atoms with Crippen molar-refractivity contribution < 1.29 is 4.42 Å². The molecule has 1 fully saturated rings. The van der Waals surface area contributed by atoms with Gasteiger partial charge in [-0.2, -0.15) is 0 Å². The average molecular weight is 784 g/mol. The molecule has 1 spiro atoms. The Balaban J connectivity index is 0.880. The molecule has 0 amide bonds. The summed E-state index contributed by atoms with van der Waals surface area (Å²) in [4.78, 5) is 15.3. The Morgan fingerprint density at radius 2 is 0.836 bits per heavy atom. The summed E-state index contributed by atoms with van der Waals surface area (Å²) >= 11 is 0. The van der Waals surface area contributed by atoms with Crippen molar-refractivity contribution in [3.05, 3.63) is 199 Å². The Labute approximate surface area is 355 Å². The lowest BCUT2D eigenvalue weighted by atomic mass is 9.68. The van der Waals surface area contributed by atoms with Crippen molar-refractivity contribution in [2.75, 3.05) is 0 Å². The van der Waals surface area contributed by atoms with Crippen molar-refractivity contribution in [3.63, 3.8) is 0 Å². The molecular weight excluding hydrogens is 743 g/mol. The van der Waals surface area contributed by atoms with Crippen LogP contribution < -0.4 is 0 Å². The third kappa shape index (κ3) is 6.09. The number of aromatic nitrogens is 3. The van der Waals surface area contributed by atoms with Gasteiger partial charge in [0, 0.05) is 32.9 Å². The first-order chi connectivity index (χ1) is 30.2. The maximum absolute atomic E-state index is 6.28.